The van der Waals surface area contributed by atoms with Gasteiger partial charge in [-0.15, -0.1) is 0 Å². The van der Waals surface area contributed by atoms with Crippen molar-refractivity contribution in [3.63, 3.8) is 0 Å². The van der Waals surface area contributed by atoms with Crippen LogP contribution in [0.3, 0.4) is 0 Å². The van der Waals surface area contributed by atoms with Gasteiger partial charge in [-0.3, -0.25) is 9.59 Å². The molecule has 2 N–H and O–H groups in total. The van der Waals surface area contributed by atoms with Crippen molar-refractivity contribution in [3.8, 4) is 0 Å². The number of aryl methyl sites for hydroxylation is 2. The summed E-state index contributed by atoms with van der Waals surface area (Å²) >= 11 is 11.9. The molecular formula is C17H16Cl2N2O2. The fourth-order valence-electron chi connectivity index (χ4n) is 2.11. The first kappa shape index (κ1) is 17.3. The fourth-order valence-corrected chi connectivity index (χ4v) is 2.60. The predicted molar refractivity (Wildman–Crippen MR) is 92.9 cm³/mol. The molecule has 6 heteroatoms. The number of hydrogen-bond donors (Lipinski definition) is 2. The summed E-state index contributed by atoms with van der Waals surface area (Å²) in [5.41, 5.74) is 3.08. The van der Waals surface area contributed by atoms with Crippen molar-refractivity contribution in [2.45, 2.75) is 20.4 Å². The van der Waals surface area contributed by atoms with Gasteiger partial charge in [-0.05, 0) is 48.7 Å². The van der Waals surface area contributed by atoms with Gasteiger partial charge < -0.3 is 10.6 Å². The van der Waals surface area contributed by atoms with Crippen LogP contribution in [0.25, 0.3) is 0 Å². The van der Waals surface area contributed by atoms with Gasteiger partial charge in [-0.25, -0.2) is 0 Å². The molecule has 2 rings (SSSR count). The zero-order chi connectivity index (χ0) is 17.0. The van der Waals surface area contributed by atoms with Gasteiger partial charge in [0.05, 0.1) is 10.7 Å². The van der Waals surface area contributed by atoms with Crippen molar-refractivity contribution in [1.82, 2.24) is 5.32 Å². The Bertz CT molecular complexity index is 720. The van der Waals surface area contributed by atoms with E-state index in [4.69, 9.17) is 23.2 Å². The maximum atomic E-state index is 12.0. The SMILES string of the molecule is Cc1cc(C)c(NC(=O)C(=O)NCc2ccc(Cl)cc2)c(Cl)c1. The van der Waals surface area contributed by atoms with Crippen molar-refractivity contribution in [1.29, 1.82) is 0 Å². The predicted octanol–water partition coefficient (Wildman–Crippen LogP) is 3.87. The normalized spacial score (nSPS) is 10.3. The molecule has 0 aliphatic carbocycles. The number of amides is 2. The van der Waals surface area contributed by atoms with Crippen LogP contribution < -0.4 is 10.6 Å². The zero-order valence-corrected chi connectivity index (χ0v) is 14.3. The van der Waals surface area contributed by atoms with Gasteiger partial charge in [0.25, 0.3) is 0 Å². The lowest BCUT2D eigenvalue weighted by Gasteiger charge is -2.11. The summed E-state index contributed by atoms with van der Waals surface area (Å²) in [4.78, 5) is 23.9. The highest BCUT2D eigenvalue weighted by molar-refractivity contribution is 6.41. The van der Waals surface area contributed by atoms with Crippen LogP contribution in [-0.2, 0) is 16.1 Å². The van der Waals surface area contributed by atoms with Crippen molar-refractivity contribution >= 4 is 40.7 Å². The number of nitrogens with one attached hydrogen (secondary N) is 2. The number of benzene rings is 2. The molecule has 2 aromatic carbocycles. The van der Waals surface area contributed by atoms with Crippen LogP contribution in [0.15, 0.2) is 36.4 Å². The molecular weight excluding hydrogens is 335 g/mol. The lowest BCUT2D eigenvalue weighted by molar-refractivity contribution is -0.136. The lowest BCUT2D eigenvalue weighted by Crippen LogP contribution is -2.35. The Morgan fingerprint density at radius 1 is 1.00 bits per heavy atom. The Balaban J connectivity index is 1.98. The van der Waals surface area contributed by atoms with Crippen molar-refractivity contribution in [2.75, 3.05) is 5.32 Å². The average Bonchev–Trinajstić information content (AvgIpc) is 2.49. The third kappa shape index (κ3) is 4.71. The highest BCUT2D eigenvalue weighted by Crippen LogP contribution is 2.27. The van der Waals surface area contributed by atoms with Crippen LogP contribution in [0.1, 0.15) is 16.7 Å². The molecule has 2 amide bonds. The highest BCUT2D eigenvalue weighted by Gasteiger charge is 2.16. The van der Waals surface area contributed by atoms with E-state index in [1.807, 2.05) is 19.9 Å². The first-order valence-electron chi connectivity index (χ1n) is 6.97. The van der Waals surface area contributed by atoms with E-state index in [0.29, 0.717) is 15.7 Å². The smallest absolute Gasteiger partial charge is 0.313 e. The maximum Gasteiger partial charge on any atom is 0.313 e. The van der Waals surface area contributed by atoms with Crippen molar-refractivity contribution < 1.29 is 9.59 Å². The average molecular weight is 351 g/mol. The number of carbonyl (C=O) groups excluding carboxylic acids is 2. The molecule has 23 heavy (non-hydrogen) atoms. The summed E-state index contributed by atoms with van der Waals surface area (Å²) in [5, 5.41) is 6.12. The van der Waals surface area contributed by atoms with E-state index in [2.05, 4.69) is 10.6 Å². The van der Waals surface area contributed by atoms with Crippen molar-refractivity contribution in [3.05, 3.63) is 63.1 Å². The summed E-state index contributed by atoms with van der Waals surface area (Å²) in [6.45, 7) is 3.97. The molecule has 0 unspecified atom stereocenters. The number of rotatable bonds is 3. The number of carbonyl (C=O) groups is 2. The third-order valence-corrected chi connectivity index (χ3v) is 3.79. The Hall–Kier alpha value is -2.04. The number of halogens is 2. The summed E-state index contributed by atoms with van der Waals surface area (Å²) in [5.74, 6) is -1.48. The second kappa shape index (κ2) is 7.49. The van der Waals surface area contributed by atoms with Gasteiger partial charge in [-0.1, -0.05) is 41.4 Å². The van der Waals surface area contributed by atoms with E-state index >= 15 is 0 Å². The third-order valence-electron chi connectivity index (χ3n) is 3.24. The molecule has 0 fully saturated rings. The number of anilines is 1. The van der Waals surface area contributed by atoms with Crippen LogP contribution in [0, 0.1) is 13.8 Å². The van der Waals surface area contributed by atoms with Crippen LogP contribution in [0.4, 0.5) is 5.69 Å². The van der Waals surface area contributed by atoms with Gasteiger partial charge in [0.2, 0.25) is 0 Å². The highest BCUT2D eigenvalue weighted by atomic mass is 35.5. The van der Waals surface area contributed by atoms with Crippen LogP contribution in [-0.4, -0.2) is 11.8 Å². The van der Waals surface area contributed by atoms with Gasteiger partial charge in [0.15, 0.2) is 0 Å². The van der Waals surface area contributed by atoms with E-state index in [1.165, 1.54) is 0 Å². The zero-order valence-electron chi connectivity index (χ0n) is 12.7. The maximum absolute atomic E-state index is 12.0. The Morgan fingerprint density at radius 2 is 1.65 bits per heavy atom. The van der Waals surface area contributed by atoms with E-state index in [9.17, 15) is 9.59 Å². The Labute approximate surface area is 144 Å². The molecule has 0 spiro atoms. The van der Waals surface area contributed by atoms with Crippen molar-refractivity contribution in [2.24, 2.45) is 0 Å². The molecule has 0 heterocycles. The fraction of sp³-hybridized carbons (Fsp3) is 0.176. The molecule has 0 saturated carbocycles. The van der Waals surface area contributed by atoms with Crippen LogP contribution in [0.5, 0.6) is 0 Å². The van der Waals surface area contributed by atoms with E-state index < -0.39 is 11.8 Å². The van der Waals surface area contributed by atoms with E-state index in [0.717, 1.165) is 16.7 Å². The van der Waals surface area contributed by atoms with Gasteiger partial charge in [0, 0.05) is 11.6 Å². The molecule has 0 saturated heterocycles. The van der Waals surface area contributed by atoms with Gasteiger partial charge >= 0.3 is 11.8 Å². The van der Waals surface area contributed by atoms with Crippen LogP contribution >= 0.6 is 23.2 Å². The minimum Gasteiger partial charge on any atom is -0.344 e. The minimum atomic E-state index is -0.757. The second-order valence-electron chi connectivity index (χ2n) is 5.20. The molecule has 2 aromatic rings. The summed E-state index contributed by atoms with van der Waals surface area (Å²) in [6.07, 6.45) is 0. The van der Waals surface area contributed by atoms with E-state index in [-0.39, 0.29) is 6.54 Å². The number of hydrogen-bond acceptors (Lipinski definition) is 2. The molecule has 0 atom stereocenters. The lowest BCUT2D eigenvalue weighted by atomic mass is 10.1. The Kier molecular flexibility index (Phi) is 5.64. The largest absolute Gasteiger partial charge is 0.344 e. The molecule has 0 aliphatic rings. The first-order valence-corrected chi connectivity index (χ1v) is 7.73. The molecule has 4 nitrogen and oxygen atoms in total. The molecule has 0 bridgehead atoms. The monoisotopic (exact) mass is 350 g/mol. The van der Waals surface area contributed by atoms with E-state index in [1.54, 1.807) is 30.3 Å². The summed E-state index contributed by atoms with van der Waals surface area (Å²) < 4.78 is 0. The molecule has 0 aliphatic heterocycles. The molecule has 0 aromatic heterocycles. The minimum absolute atomic E-state index is 0.240. The summed E-state index contributed by atoms with van der Waals surface area (Å²) in [6, 6.07) is 10.6. The first-order chi connectivity index (χ1) is 10.9. The topological polar surface area (TPSA) is 58.2 Å². The molecule has 120 valence electrons. The Morgan fingerprint density at radius 3 is 2.26 bits per heavy atom. The quantitative estimate of drug-likeness (QED) is 0.825. The van der Waals surface area contributed by atoms with Crippen LogP contribution in [0.2, 0.25) is 10.0 Å². The second-order valence-corrected chi connectivity index (χ2v) is 6.05. The van der Waals surface area contributed by atoms with Gasteiger partial charge in [-0.2, -0.15) is 0 Å². The van der Waals surface area contributed by atoms with Gasteiger partial charge in [0.1, 0.15) is 0 Å². The standard InChI is InChI=1S/C17H16Cl2N2O2/c1-10-7-11(2)15(14(19)8-10)21-17(23)16(22)20-9-12-3-5-13(18)6-4-12/h3-8H,9H2,1-2H3,(H,20,22)(H,21,23). The summed E-state index contributed by atoms with van der Waals surface area (Å²) in [7, 11) is 0. The molecule has 0 radical (unpaired) electrons.